The van der Waals surface area contributed by atoms with Crippen molar-refractivity contribution in [1.29, 1.82) is 0 Å². The number of carbonyl (C=O) groups excluding carboxylic acids is 1. The molecule has 7 heteroatoms. The molecule has 2 N–H and O–H groups in total. The molecule has 128 valence electrons. The number of thiocarbonyl (C=S) groups is 1. The summed E-state index contributed by atoms with van der Waals surface area (Å²) in [5.74, 6) is 0.347. The summed E-state index contributed by atoms with van der Waals surface area (Å²) >= 11 is 4.89. The summed E-state index contributed by atoms with van der Waals surface area (Å²) < 4.78 is 24.6. The van der Waals surface area contributed by atoms with Crippen molar-refractivity contribution >= 4 is 29.3 Å². The molecule has 2 aromatic carbocycles. The van der Waals surface area contributed by atoms with E-state index in [-0.39, 0.29) is 23.4 Å². The number of ether oxygens (including phenoxy) is 2. The van der Waals surface area contributed by atoms with Crippen LogP contribution in [0, 0.1) is 5.82 Å². The van der Waals surface area contributed by atoms with E-state index in [1.165, 1.54) is 13.2 Å². The molecule has 1 saturated heterocycles. The summed E-state index contributed by atoms with van der Waals surface area (Å²) in [6.07, 6.45) is 1.65. The molecule has 2 aromatic rings. The lowest BCUT2D eigenvalue weighted by Crippen LogP contribution is -2.21. The Balaban J connectivity index is 1.78. The third kappa shape index (κ3) is 3.95. The van der Waals surface area contributed by atoms with Gasteiger partial charge in [-0.1, -0.05) is 24.3 Å². The first-order chi connectivity index (χ1) is 12.1. The highest BCUT2D eigenvalue weighted by molar-refractivity contribution is 7.80. The van der Waals surface area contributed by atoms with Crippen LogP contribution in [0.2, 0.25) is 0 Å². The first kappa shape index (κ1) is 16.9. The second kappa shape index (κ2) is 7.31. The van der Waals surface area contributed by atoms with Gasteiger partial charge in [0.2, 0.25) is 0 Å². The minimum atomic E-state index is -0.322. The second-order valence-corrected chi connectivity index (χ2v) is 5.66. The molecule has 25 heavy (non-hydrogen) atoms. The number of halogens is 1. The molecular weight excluding hydrogens is 343 g/mol. The highest BCUT2D eigenvalue weighted by atomic mass is 32.1. The highest BCUT2D eigenvalue weighted by Crippen LogP contribution is 2.30. The van der Waals surface area contributed by atoms with Gasteiger partial charge in [0.25, 0.3) is 5.91 Å². The summed E-state index contributed by atoms with van der Waals surface area (Å²) in [5, 5.41) is 5.54. The third-order valence-electron chi connectivity index (χ3n) is 3.56. The van der Waals surface area contributed by atoms with Crippen LogP contribution in [0.3, 0.4) is 0 Å². The quantitative estimate of drug-likeness (QED) is 0.636. The van der Waals surface area contributed by atoms with Crippen LogP contribution in [0.4, 0.5) is 4.39 Å². The lowest BCUT2D eigenvalue weighted by molar-refractivity contribution is -0.115. The van der Waals surface area contributed by atoms with Crippen LogP contribution in [0.1, 0.15) is 11.1 Å². The Morgan fingerprint density at radius 1 is 1.16 bits per heavy atom. The fourth-order valence-corrected chi connectivity index (χ4v) is 2.52. The van der Waals surface area contributed by atoms with Gasteiger partial charge in [0, 0.05) is 5.56 Å². The van der Waals surface area contributed by atoms with Crippen LogP contribution >= 0.6 is 12.2 Å². The number of amides is 1. The number of hydrogen-bond donors (Lipinski definition) is 2. The number of nitrogens with one attached hydrogen (secondary N) is 2. The minimum Gasteiger partial charge on any atom is -0.493 e. The van der Waals surface area contributed by atoms with Gasteiger partial charge in [0.15, 0.2) is 16.6 Å². The summed E-state index contributed by atoms with van der Waals surface area (Å²) in [6, 6.07) is 11.6. The van der Waals surface area contributed by atoms with Gasteiger partial charge in [0.1, 0.15) is 18.1 Å². The zero-order chi connectivity index (χ0) is 17.8. The Labute approximate surface area is 149 Å². The fraction of sp³-hybridized carbons (Fsp3) is 0.111. The number of methoxy groups -OCH3 is 1. The molecule has 0 saturated carbocycles. The first-order valence-electron chi connectivity index (χ1n) is 7.45. The molecule has 1 fully saturated rings. The maximum atomic E-state index is 13.7. The predicted octanol–water partition coefficient (Wildman–Crippen LogP) is 2.76. The number of rotatable bonds is 5. The highest BCUT2D eigenvalue weighted by Gasteiger charge is 2.20. The summed E-state index contributed by atoms with van der Waals surface area (Å²) in [4.78, 5) is 11.7. The molecule has 0 atom stereocenters. The monoisotopic (exact) mass is 358 g/mol. The van der Waals surface area contributed by atoms with E-state index in [0.29, 0.717) is 22.8 Å². The van der Waals surface area contributed by atoms with E-state index >= 15 is 0 Å². The van der Waals surface area contributed by atoms with E-state index in [1.807, 2.05) is 0 Å². The molecule has 0 spiro atoms. The molecule has 0 radical (unpaired) electrons. The van der Waals surface area contributed by atoms with Crippen LogP contribution in [0.15, 0.2) is 48.2 Å². The summed E-state index contributed by atoms with van der Waals surface area (Å²) in [6.45, 7) is 0.0850. The van der Waals surface area contributed by atoms with Gasteiger partial charge in [-0.15, -0.1) is 0 Å². The van der Waals surface area contributed by atoms with Crippen molar-refractivity contribution in [1.82, 2.24) is 10.6 Å². The third-order valence-corrected chi connectivity index (χ3v) is 3.76. The van der Waals surface area contributed by atoms with Gasteiger partial charge in [-0.3, -0.25) is 10.1 Å². The smallest absolute Gasteiger partial charge is 0.273 e. The number of hydrogen-bond acceptors (Lipinski definition) is 4. The number of carbonyl (C=O) groups is 1. The number of benzene rings is 2. The molecular formula is C18H15FN2O3S. The van der Waals surface area contributed by atoms with Gasteiger partial charge < -0.3 is 14.8 Å². The van der Waals surface area contributed by atoms with Crippen molar-refractivity contribution in [2.75, 3.05) is 7.11 Å². The molecule has 0 aromatic heterocycles. The molecule has 1 aliphatic heterocycles. The van der Waals surface area contributed by atoms with E-state index in [1.54, 1.807) is 42.5 Å². The average Bonchev–Trinajstić information content (AvgIpc) is 2.92. The van der Waals surface area contributed by atoms with Gasteiger partial charge in [-0.25, -0.2) is 4.39 Å². The van der Waals surface area contributed by atoms with Crippen LogP contribution in [0.25, 0.3) is 6.08 Å². The zero-order valence-corrected chi connectivity index (χ0v) is 14.2. The van der Waals surface area contributed by atoms with E-state index in [0.717, 1.165) is 5.56 Å². The molecule has 1 aliphatic rings. The van der Waals surface area contributed by atoms with Gasteiger partial charge >= 0.3 is 0 Å². The zero-order valence-electron chi connectivity index (χ0n) is 13.3. The van der Waals surface area contributed by atoms with Crippen molar-refractivity contribution in [3.63, 3.8) is 0 Å². The summed E-state index contributed by atoms with van der Waals surface area (Å²) in [7, 11) is 1.51. The van der Waals surface area contributed by atoms with Gasteiger partial charge in [-0.2, -0.15) is 0 Å². The predicted molar refractivity (Wildman–Crippen MR) is 95.6 cm³/mol. The van der Waals surface area contributed by atoms with Crippen LogP contribution in [0.5, 0.6) is 11.5 Å². The molecule has 3 rings (SSSR count). The standard InChI is InChI=1S/C18H15FN2O3S/c1-23-16-9-11(8-14-17(22)21-18(25)20-14)6-7-15(16)24-10-12-4-2-3-5-13(12)19/h2-9H,10H2,1H3,(H2,20,21,22,25)/b14-8+. The largest absolute Gasteiger partial charge is 0.493 e. The SMILES string of the molecule is COc1cc(/C=C2/NC(=S)NC2=O)ccc1OCc1ccccc1F. The van der Waals surface area contributed by atoms with Crippen molar-refractivity contribution in [2.45, 2.75) is 6.61 Å². The van der Waals surface area contributed by atoms with Crippen molar-refractivity contribution in [3.8, 4) is 11.5 Å². The minimum absolute atomic E-state index is 0.0850. The van der Waals surface area contributed by atoms with Gasteiger partial charge in [0.05, 0.1) is 7.11 Å². The van der Waals surface area contributed by atoms with Crippen LogP contribution in [-0.4, -0.2) is 18.1 Å². The molecule has 1 amide bonds. The fourth-order valence-electron chi connectivity index (χ4n) is 2.31. The maximum Gasteiger partial charge on any atom is 0.273 e. The topological polar surface area (TPSA) is 59.6 Å². The molecule has 0 bridgehead atoms. The normalized spacial score (nSPS) is 15.0. The van der Waals surface area contributed by atoms with E-state index < -0.39 is 0 Å². The first-order valence-corrected chi connectivity index (χ1v) is 7.86. The van der Waals surface area contributed by atoms with E-state index in [9.17, 15) is 9.18 Å². The Morgan fingerprint density at radius 2 is 1.96 bits per heavy atom. The average molecular weight is 358 g/mol. The van der Waals surface area contributed by atoms with Crippen molar-refractivity contribution < 1.29 is 18.7 Å². The van der Waals surface area contributed by atoms with Crippen molar-refractivity contribution in [3.05, 3.63) is 65.1 Å². The molecule has 0 aliphatic carbocycles. The second-order valence-electron chi connectivity index (χ2n) is 5.26. The molecule has 1 heterocycles. The molecule has 5 nitrogen and oxygen atoms in total. The van der Waals surface area contributed by atoms with Crippen LogP contribution in [-0.2, 0) is 11.4 Å². The van der Waals surface area contributed by atoms with Crippen LogP contribution < -0.4 is 20.1 Å². The Kier molecular flexibility index (Phi) is 4.95. The van der Waals surface area contributed by atoms with E-state index in [2.05, 4.69) is 10.6 Å². The Bertz CT molecular complexity index is 867. The van der Waals surface area contributed by atoms with Crippen molar-refractivity contribution in [2.24, 2.45) is 0 Å². The Hall–Kier alpha value is -2.93. The maximum absolute atomic E-state index is 13.7. The summed E-state index contributed by atoms with van der Waals surface area (Å²) in [5.41, 5.74) is 1.54. The molecule has 0 unspecified atom stereocenters. The van der Waals surface area contributed by atoms with Gasteiger partial charge in [-0.05, 0) is 42.1 Å². The Morgan fingerprint density at radius 3 is 2.64 bits per heavy atom. The lowest BCUT2D eigenvalue weighted by Gasteiger charge is -2.12. The lowest BCUT2D eigenvalue weighted by atomic mass is 10.1. The van der Waals surface area contributed by atoms with E-state index in [4.69, 9.17) is 21.7 Å².